The predicted octanol–water partition coefficient (Wildman–Crippen LogP) is 2.15. The van der Waals surface area contributed by atoms with E-state index in [1.807, 2.05) is 11.7 Å². The lowest BCUT2D eigenvalue weighted by atomic mass is 9.96. The van der Waals surface area contributed by atoms with E-state index in [0.29, 0.717) is 5.92 Å². The van der Waals surface area contributed by atoms with Crippen LogP contribution in [0.25, 0.3) is 0 Å². The Kier molecular flexibility index (Phi) is 4.42. The van der Waals surface area contributed by atoms with Gasteiger partial charge in [-0.15, -0.1) is 0 Å². The summed E-state index contributed by atoms with van der Waals surface area (Å²) < 4.78 is 7.35. The molecule has 1 N–H and O–H groups in total. The molecule has 0 bridgehead atoms. The number of aryl methyl sites for hydroxylation is 1. The third-order valence-corrected chi connectivity index (χ3v) is 3.57. The maximum absolute atomic E-state index is 6.23. The third kappa shape index (κ3) is 2.81. The van der Waals surface area contributed by atoms with Crippen LogP contribution < -0.4 is 5.32 Å². The van der Waals surface area contributed by atoms with Crippen molar-refractivity contribution in [2.75, 3.05) is 19.8 Å². The monoisotopic (exact) mass is 257 g/mol. The van der Waals surface area contributed by atoms with Crippen LogP contribution in [0.5, 0.6) is 0 Å². The van der Waals surface area contributed by atoms with Gasteiger partial charge in [0, 0.05) is 19.6 Å². The lowest BCUT2D eigenvalue weighted by Gasteiger charge is -2.24. The second-order valence-electron chi connectivity index (χ2n) is 4.56. The molecule has 0 saturated carbocycles. The molecule has 1 fully saturated rings. The lowest BCUT2D eigenvalue weighted by molar-refractivity contribution is 0.175. The zero-order valence-electron chi connectivity index (χ0n) is 10.4. The zero-order valence-corrected chi connectivity index (χ0v) is 11.2. The SMILES string of the molecule is CCCNC(c1c(Cl)cnn1C)C1CCOC1. The molecule has 0 aromatic carbocycles. The molecule has 1 aliphatic heterocycles. The van der Waals surface area contributed by atoms with Crippen molar-refractivity contribution in [2.24, 2.45) is 13.0 Å². The van der Waals surface area contributed by atoms with Crippen LogP contribution in [0.1, 0.15) is 31.5 Å². The van der Waals surface area contributed by atoms with Gasteiger partial charge in [-0.1, -0.05) is 18.5 Å². The van der Waals surface area contributed by atoms with Gasteiger partial charge in [-0.25, -0.2) is 0 Å². The van der Waals surface area contributed by atoms with Crippen LogP contribution in [0.4, 0.5) is 0 Å². The first-order chi connectivity index (χ1) is 8.24. The molecule has 2 heterocycles. The van der Waals surface area contributed by atoms with Gasteiger partial charge >= 0.3 is 0 Å². The van der Waals surface area contributed by atoms with Gasteiger partial charge in [0.25, 0.3) is 0 Å². The Morgan fingerprint density at radius 1 is 1.71 bits per heavy atom. The molecular formula is C12H20ClN3O. The van der Waals surface area contributed by atoms with E-state index in [1.54, 1.807) is 6.20 Å². The van der Waals surface area contributed by atoms with Gasteiger partial charge in [-0.3, -0.25) is 4.68 Å². The van der Waals surface area contributed by atoms with E-state index in [9.17, 15) is 0 Å². The summed E-state index contributed by atoms with van der Waals surface area (Å²) >= 11 is 6.23. The van der Waals surface area contributed by atoms with Crippen molar-refractivity contribution in [1.82, 2.24) is 15.1 Å². The molecule has 2 rings (SSSR count). The molecule has 0 radical (unpaired) electrons. The number of ether oxygens (including phenoxy) is 1. The number of nitrogens with one attached hydrogen (secondary N) is 1. The second-order valence-corrected chi connectivity index (χ2v) is 4.96. The van der Waals surface area contributed by atoms with Crippen LogP contribution in [-0.4, -0.2) is 29.5 Å². The van der Waals surface area contributed by atoms with Gasteiger partial charge < -0.3 is 10.1 Å². The fourth-order valence-corrected chi connectivity index (χ4v) is 2.66. The maximum Gasteiger partial charge on any atom is 0.0834 e. The predicted molar refractivity (Wildman–Crippen MR) is 68.2 cm³/mol. The topological polar surface area (TPSA) is 39.1 Å². The number of hydrogen-bond donors (Lipinski definition) is 1. The van der Waals surface area contributed by atoms with E-state index in [2.05, 4.69) is 17.3 Å². The van der Waals surface area contributed by atoms with Crippen molar-refractivity contribution in [3.63, 3.8) is 0 Å². The van der Waals surface area contributed by atoms with Crippen LogP contribution in [0.2, 0.25) is 5.02 Å². The van der Waals surface area contributed by atoms with Gasteiger partial charge in [0.05, 0.1) is 29.6 Å². The molecule has 0 aliphatic carbocycles. The van der Waals surface area contributed by atoms with Crippen LogP contribution in [0, 0.1) is 5.92 Å². The van der Waals surface area contributed by atoms with Gasteiger partial charge in [0.1, 0.15) is 0 Å². The second kappa shape index (κ2) is 5.85. The molecule has 2 unspecified atom stereocenters. The highest BCUT2D eigenvalue weighted by Crippen LogP contribution is 2.32. The van der Waals surface area contributed by atoms with Crippen molar-refractivity contribution >= 4 is 11.6 Å². The summed E-state index contributed by atoms with van der Waals surface area (Å²) in [6.07, 6.45) is 3.91. The highest BCUT2D eigenvalue weighted by molar-refractivity contribution is 6.31. The van der Waals surface area contributed by atoms with Crippen LogP contribution in [-0.2, 0) is 11.8 Å². The van der Waals surface area contributed by atoms with Crippen LogP contribution >= 0.6 is 11.6 Å². The summed E-state index contributed by atoms with van der Waals surface area (Å²) in [6.45, 7) is 4.82. The maximum atomic E-state index is 6.23. The fourth-order valence-electron chi connectivity index (χ4n) is 2.37. The summed E-state index contributed by atoms with van der Waals surface area (Å²) in [5.41, 5.74) is 1.08. The molecule has 1 aliphatic rings. The molecule has 1 aromatic rings. The zero-order chi connectivity index (χ0) is 12.3. The average Bonchev–Trinajstić information content (AvgIpc) is 2.93. The summed E-state index contributed by atoms with van der Waals surface area (Å²) in [5, 5.41) is 8.53. The Balaban J connectivity index is 2.19. The fraction of sp³-hybridized carbons (Fsp3) is 0.750. The van der Waals surface area contributed by atoms with E-state index < -0.39 is 0 Å². The lowest BCUT2D eigenvalue weighted by Crippen LogP contribution is -2.31. The minimum Gasteiger partial charge on any atom is -0.381 e. The molecule has 5 heteroatoms. The average molecular weight is 258 g/mol. The first-order valence-electron chi connectivity index (χ1n) is 6.22. The minimum atomic E-state index is 0.248. The molecule has 96 valence electrons. The first kappa shape index (κ1) is 12.9. The van der Waals surface area contributed by atoms with Gasteiger partial charge in [0.2, 0.25) is 0 Å². The molecular weight excluding hydrogens is 238 g/mol. The van der Waals surface area contributed by atoms with Gasteiger partial charge in [-0.2, -0.15) is 5.10 Å². The van der Waals surface area contributed by atoms with Gasteiger partial charge in [0.15, 0.2) is 0 Å². The van der Waals surface area contributed by atoms with Crippen LogP contribution in [0.15, 0.2) is 6.20 Å². The van der Waals surface area contributed by atoms with E-state index in [0.717, 1.165) is 43.3 Å². The molecule has 2 atom stereocenters. The number of halogens is 1. The van der Waals surface area contributed by atoms with Gasteiger partial charge in [-0.05, 0) is 19.4 Å². The number of aromatic nitrogens is 2. The number of rotatable bonds is 5. The summed E-state index contributed by atoms with van der Waals surface area (Å²) in [4.78, 5) is 0. The van der Waals surface area contributed by atoms with Crippen molar-refractivity contribution < 1.29 is 4.74 Å². The quantitative estimate of drug-likeness (QED) is 0.879. The van der Waals surface area contributed by atoms with E-state index in [4.69, 9.17) is 16.3 Å². The highest BCUT2D eigenvalue weighted by Gasteiger charge is 2.30. The largest absolute Gasteiger partial charge is 0.381 e. The standard InChI is InChI=1S/C12H20ClN3O/c1-3-5-14-11(9-4-6-17-8-9)12-10(13)7-15-16(12)2/h7,9,11,14H,3-6,8H2,1-2H3. The summed E-state index contributed by atoms with van der Waals surface area (Å²) in [6, 6.07) is 0.248. The van der Waals surface area contributed by atoms with Crippen molar-refractivity contribution in [1.29, 1.82) is 0 Å². The smallest absolute Gasteiger partial charge is 0.0834 e. The van der Waals surface area contributed by atoms with Crippen molar-refractivity contribution in [2.45, 2.75) is 25.8 Å². The number of hydrogen-bond acceptors (Lipinski definition) is 3. The van der Waals surface area contributed by atoms with Crippen LogP contribution in [0.3, 0.4) is 0 Å². The third-order valence-electron chi connectivity index (χ3n) is 3.28. The molecule has 0 amide bonds. The molecule has 1 aromatic heterocycles. The molecule has 0 spiro atoms. The van der Waals surface area contributed by atoms with E-state index >= 15 is 0 Å². The summed E-state index contributed by atoms with van der Waals surface area (Å²) in [5.74, 6) is 0.495. The Labute approximate surface area is 107 Å². The first-order valence-corrected chi connectivity index (χ1v) is 6.60. The molecule has 4 nitrogen and oxygen atoms in total. The Morgan fingerprint density at radius 3 is 3.06 bits per heavy atom. The Morgan fingerprint density at radius 2 is 2.53 bits per heavy atom. The normalized spacial score (nSPS) is 21.9. The van der Waals surface area contributed by atoms with E-state index in [1.165, 1.54) is 0 Å². The molecule has 17 heavy (non-hydrogen) atoms. The Bertz CT molecular complexity index is 341. The highest BCUT2D eigenvalue weighted by atomic mass is 35.5. The summed E-state index contributed by atoms with van der Waals surface area (Å²) in [7, 11) is 1.94. The molecule has 1 saturated heterocycles. The number of nitrogens with zero attached hydrogens (tertiary/aromatic N) is 2. The Hall–Kier alpha value is -0.580. The van der Waals surface area contributed by atoms with Crippen molar-refractivity contribution in [3.05, 3.63) is 16.9 Å². The minimum absolute atomic E-state index is 0.248. The van der Waals surface area contributed by atoms with Crippen molar-refractivity contribution in [3.8, 4) is 0 Å². The van der Waals surface area contributed by atoms with E-state index in [-0.39, 0.29) is 6.04 Å².